The van der Waals surface area contributed by atoms with Crippen molar-refractivity contribution in [3.63, 3.8) is 0 Å². The Hall–Kier alpha value is -0.530. The van der Waals surface area contributed by atoms with Crippen LogP contribution in [0, 0.1) is 11.3 Å². The van der Waals surface area contributed by atoms with Crippen LogP contribution < -0.4 is 0 Å². The van der Waals surface area contributed by atoms with Crippen molar-refractivity contribution in [2.24, 2.45) is 11.3 Å². The Balaban J connectivity index is 4.09. The van der Waals surface area contributed by atoms with Crippen molar-refractivity contribution in [2.75, 3.05) is 0 Å². The number of carboxylic acid groups (broad SMARTS) is 1. The molecular formula is C34H68O2. The maximum absolute atomic E-state index is 12.6. The molecule has 2 nitrogen and oxygen atoms in total. The number of unbranched alkanes of at least 4 members (excludes halogenated alkanes) is 19. The van der Waals surface area contributed by atoms with Crippen LogP contribution in [0.2, 0.25) is 0 Å². The van der Waals surface area contributed by atoms with Crippen molar-refractivity contribution >= 4 is 5.97 Å². The number of carboxylic acids is 1. The van der Waals surface area contributed by atoms with Gasteiger partial charge in [0.15, 0.2) is 0 Å². The molecule has 0 aromatic carbocycles. The largest absolute Gasteiger partial charge is 0.481 e. The van der Waals surface area contributed by atoms with Crippen LogP contribution in [0.4, 0.5) is 0 Å². The average Bonchev–Trinajstić information content (AvgIpc) is 2.88. The maximum atomic E-state index is 12.6. The third-order valence-electron chi connectivity index (χ3n) is 8.72. The first-order chi connectivity index (χ1) is 17.6. The molecule has 0 rings (SSSR count). The van der Waals surface area contributed by atoms with Crippen molar-refractivity contribution in [2.45, 2.75) is 201 Å². The molecule has 36 heavy (non-hydrogen) atoms. The van der Waals surface area contributed by atoms with E-state index in [1.54, 1.807) is 0 Å². The second-order valence-electron chi connectivity index (χ2n) is 12.0. The van der Waals surface area contributed by atoms with Gasteiger partial charge in [-0.05, 0) is 31.6 Å². The lowest BCUT2D eigenvalue weighted by molar-refractivity contribution is -0.155. The lowest BCUT2D eigenvalue weighted by Crippen LogP contribution is -2.39. The van der Waals surface area contributed by atoms with E-state index in [1.807, 2.05) is 0 Å². The normalized spacial score (nSPS) is 12.8. The van der Waals surface area contributed by atoms with Crippen LogP contribution in [0.1, 0.15) is 201 Å². The van der Waals surface area contributed by atoms with Crippen LogP contribution in [-0.4, -0.2) is 11.1 Å². The summed E-state index contributed by atoms with van der Waals surface area (Å²) in [7, 11) is 0. The van der Waals surface area contributed by atoms with E-state index in [-0.39, 0.29) is 0 Å². The van der Waals surface area contributed by atoms with Gasteiger partial charge < -0.3 is 5.11 Å². The predicted molar refractivity (Wildman–Crippen MR) is 161 cm³/mol. The molecule has 0 saturated heterocycles. The molecule has 1 atom stereocenters. The maximum Gasteiger partial charge on any atom is 0.309 e. The predicted octanol–water partition coefficient (Wildman–Crippen LogP) is 12.3. The first-order valence-corrected chi connectivity index (χ1v) is 16.8. The Kier molecular flexibility index (Phi) is 25.7. The summed E-state index contributed by atoms with van der Waals surface area (Å²) in [6.07, 6.45) is 34.4. The number of rotatable bonds is 29. The molecule has 2 heteroatoms. The third kappa shape index (κ3) is 17.8. The number of carbonyl (C=O) groups is 1. The highest BCUT2D eigenvalue weighted by atomic mass is 16.4. The zero-order valence-corrected chi connectivity index (χ0v) is 25.5. The summed E-state index contributed by atoms with van der Waals surface area (Å²) in [5, 5.41) is 10.4. The first-order valence-electron chi connectivity index (χ1n) is 16.8. The molecule has 0 saturated carbocycles. The Morgan fingerprint density at radius 3 is 1.11 bits per heavy atom. The fourth-order valence-corrected chi connectivity index (χ4v) is 6.17. The van der Waals surface area contributed by atoms with Crippen LogP contribution in [0.3, 0.4) is 0 Å². The quantitative estimate of drug-likeness (QED) is 0.102. The van der Waals surface area contributed by atoms with Gasteiger partial charge in [0.05, 0.1) is 5.41 Å². The smallest absolute Gasteiger partial charge is 0.309 e. The summed E-state index contributed by atoms with van der Waals surface area (Å²) in [6, 6.07) is 0. The van der Waals surface area contributed by atoms with Gasteiger partial charge in [0.2, 0.25) is 0 Å². The summed E-state index contributed by atoms with van der Waals surface area (Å²) in [4.78, 5) is 12.6. The molecule has 0 bridgehead atoms. The molecule has 0 aliphatic rings. The van der Waals surface area contributed by atoms with Crippen molar-refractivity contribution in [3.8, 4) is 0 Å². The molecule has 0 radical (unpaired) electrons. The summed E-state index contributed by atoms with van der Waals surface area (Å²) in [5.41, 5.74) is -0.476. The molecule has 0 fully saturated rings. The lowest BCUT2D eigenvalue weighted by Gasteiger charge is -2.38. The minimum Gasteiger partial charge on any atom is -0.481 e. The van der Waals surface area contributed by atoms with E-state index >= 15 is 0 Å². The highest BCUT2D eigenvalue weighted by Gasteiger charge is 2.43. The highest BCUT2D eigenvalue weighted by Crippen LogP contribution is 2.44. The van der Waals surface area contributed by atoms with Crippen LogP contribution >= 0.6 is 0 Å². The van der Waals surface area contributed by atoms with Gasteiger partial charge in [-0.1, -0.05) is 175 Å². The van der Waals surface area contributed by atoms with Gasteiger partial charge in [0.25, 0.3) is 0 Å². The molecule has 216 valence electrons. The first kappa shape index (κ1) is 35.5. The Bertz CT molecular complexity index is 450. The van der Waals surface area contributed by atoms with Gasteiger partial charge in [-0.2, -0.15) is 0 Å². The highest BCUT2D eigenvalue weighted by molar-refractivity contribution is 5.75. The van der Waals surface area contributed by atoms with E-state index in [0.29, 0.717) is 5.92 Å². The van der Waals surface area contributed by atoms with E-state index < -0.39 is 11.4 Å². The van der Waals surface area contributed by atoms with Gasteiger partial charge in [0, 0.05) is 0 Å². The molecule has 0 aliphatic carbocycles. The summed E-state index contributed by atoms with van der Waals surface area (Å²) >= 11 is 0. The second kappa shape index (κ2) is 26.1. The fourth-order valence-electron chi connectivity index (χ4n) is 6.17. The zero-order chi connectivity index (χ0) is 26.7. The van der Waals surface area contributed by atoms with Crippen molar-refractivity contribution in [1.82, 2.24) is 0 Å². The van der Waals surface area contributed by atoms with Gasteiger partial charge in [-0.25, -0.2) is 0 Å². The number of hydrogen-bond donors (Lipinski definition) is 1. The minimum absolute atomic E-state index is 0.365. The minimum atomic E-state index is -0.502. The molecule has 0 aliphatic heterocycles. The van der Waals surface area contributed by atoms with E-state index in [2.05, 4.69) is 27.7 Å². The molecule has 0 spiro atoms. The standard InChI is InChI=1S/C34H68O2/c1-5-9-13-14-15-16-17-18-19-20-21-22-23-24-25-26-27-29-32(28-10-6-2)34(33(35)36,30-11-7-3)31-12-8-4/h32H,5-31H2,1-4H3,(H,35,36). The van der Waals surface area contributed by atoms with Gasteiger partial charge in [-0.3, -0.25) is 4.79 Å². The zero-order valence-electron chi connectivity index (χ0n) is 25.5. The van der Waals surface area contributed by atoms with Crippen molar-refractivity contribution in [3.05, 3.63) is 0 Å². The van der Waals surface area contributed by atoms with Crippen molar-refractivity contribution in [1.29, 1.82) is 0 Å². The monoisotopic (exact) mass is 509 g/mol. The van der Waals surface area contributed by atoms with Crippen LogP contribution in [-0.2, 0) is 4.79 Å². The Morgan fingerprint density at radius 1 is 0.472 bits per heavy atom. The van der Waals surface area contributed by atoms with Gasteiger partial charge in [0.1, 0.15) is 0 Å². The van der Waals surface area contributed by atoms with Crippen molar-refractivity contribution < 1.29 is 9.90 Å². The lowest BCUT2D eigenvalue weighted by atomic mass is 9.65. The SMILES string of the molecule is CCCCCCCCCCCCCCCCCCCC(CCCC)C(CCCC)(CCCC)C(=O)O. The fraction of sp³-hybridized carbons (Fsp3) is 0.971. The van der Waals surface area contributed by atoms with E-state index in [0.717, 1.165) is 51.4 Å². The molecule has 0 aromatic heterocycles. The molecule has 0 aromatic rings. The average molecular weight is 509 g/mol. The molecule has 0 amide bonds. The number of aliphatic carboxylic acids is 1. The third-order valence-corrected chi connectivity index (χ3v) is 8.72. The Labute approximate surface area is 228 Å². The van der Waals surface area contributed by atoms with Crippen LogP contribution in [0.5, 0.6) is 0 Å². The number of hydrogen-bond acceptors (Lipinski definition) is 1. The van der Waals surface area contributed by atoms with Crippen LogP contribution in [0.15, 0.2) is 0 Å². The van der Waals surface area contributed by atoms with E-state index in [4.69, 9.17) is 0 Å². The second-order valence-corrected chi connectivity index (χ2v) is 12.0. The van der Waals surface area contributed by atoms with Gasteiger partial charge >= 0.3 is 5.97 Å². The van der Waals surface area contributed by atoms with E-state index in [9.17, 15) is 9.90 Å². The molecule has 1 N–H and O–H groups in total. The summed E-state index contributed by atoms with van der Waals surface area (Å²) in [6.45, 7) is 8.93. The topological polar surface area (TPSA) is 37.3 Å². The Morgan fingerprint density at radius 2 is 0.778 bits per heavy atom. The summed E-state index contributed by atoms with van der Waals surface area (Å²) < 4.78 is 0. The van der Waals surface area contributed by atoms with Gasteiger partial charge in [-0.15, -0.1) is 0 Å². The molecule has 0 heterocycles. The summed E-state index contributed by atoms with van der Waals surface area (Å²) in [5.74, 6) is -0.137. The molecular weight excluding hydrogens is 440 g/mol. The van der Waals surface area contributed by atoms with Crippen LogP contribution in [0.25, 0.3) is 0 Å². The van der Waals surface area contributed by atoms with E-state index in [1.165, 1.54) is 122 Å². The molecule has 1 unspecified atom stereocenters.